The maximum absolute atomic E-state index is 12.1. The Bertz CT molecular complexity index is 1280. The number of hydrogen-bond acceptors (Lipinski definition) is 5. The van der Waals surface area contributed by atoms with Crippen molar-refractivity contribution in [2.24, 2.45) is 4.99 Å². The second-order valence-electron chi connectivity index (χ2n) is 8.44. The van der Waals surface area contributed by atoms with E-state index >= 15 is 0 Å². The van der Waals surface area contributed by atoms with Crippen LogP contribution in [0, 0.1) is 0 Å². The minimum atomic E-state index is -0.265. The first kappa shape index (κ1) is 24.9. The highest BCUT2D eigenvalue weighted by Gasteiger charge is 2.28. The molecule has 0 unspecified atom stereocenters. The van der Waals surface area contributed by atoms with Crippen molar-refractivity contribution in [3.63, 3.8) is 0 Å². The molecule has 182 valence electrons. The highest BCUT2D eigenvalue weighted by atomic mass is 35.5. The summed E-state index contributed by atoms with van der Waals surface area (Å²) in [6, 6.07) is 7.61. The highest BCUT2D eigenvalue weighted by molar-refractivity contribution is 6.39. The van der Waals surface area contributed by atoms with E-state index in [9.17, 15) is 4.79 Å². The second-order valence-corrected chi connectivity index (χ2v) is 9.20. The third-order valence-electron chi connectivity index (χ3n) is 6.19. The molecular formula is C27H27Cl2N3O3. The van der Waals surface area contributed by atoms with Crippen LogP contribution < -0.4 is 19.7 Å². The molecule has 35 heavy (non-hydrogen) atoms. The molecular weight excluding hydrogens is 485 g/mol. The fourth-order valence-electron chi connectivity index (χ4n) is 4.37. The van der Waals surface area contributed by atoms with E-state index in [0.717, 1.165) is 52.1 Å². The molecule has 0 aromatic heterocycles. The van der Waals surface area contributed by atoms with Crippen LogP contribution in [0.25, 0.3) is 5.57 Å². The van der Waals surface area contributed by atoms with Crippen molar-refractivity contribution in [1.29, 1.82) is 0 Å². The van der Waals surface area contributed by atoms with Crippen LogP contribution in [0.15, 0.2) is 59.1 Å². The van der Waals surface area contributed by atoms with E-state index in [-0.39, 0.29) is 5.91 Å². The molecule has 8 heteroatoms. The first-order valence-corrected chi connectivity index (χ1v) is 11.9. The van der Waals surface area contributed by atoms with E-state index in [1.54, 1.807) is 20.3 Å². The summed E-state index contributed by atoms with van der Waals surface area (Å²) in [5.41, 5.74) is 7.47. The number of nitrogens with zero attached hydrogens (tertiary/aromatic N) is 2. The first-order valence-electron chi connectivity index (χ1n) is 11.1. The lowest BCUT2D eigenvalue weighted by molar-refractivity contribution is -0.111. The van der Waals surface area contributed by atoms with E-state index in [0.29, 0.717) is 33.8 Å². The van der Waals surface area contributed by atoms with E-state index in [1.165, 1.54) is 6.08 Å². The average Bonchev–Trinajstić information content (AvgIpc) is 3.27. The lowest BCUT2D eigenvalue weighted by Gasteiger charge is -2.22. The number of rotatable bonds is 7. The third kappa shape index (κ3) is 4.68. The van der Waals surface area contributed by atoms with E-state index in [1.807, 2.05) is 37.2 Å². The summed E-state index contributed by atoms with van der Waals surface area (Å²) < 4.78 is 10.9. The second kappa shape index (κ2) is 10.2. The van der Waals surface area contributed by atoms with Crippen molar-refractivity contribution in [2.45, 2.75) is 12.8 Å². The fourth-order valence-corrected chi connectivity index (χ4v) is 5.12. The van der Waals surface area contributed by atoms with Crippen LogP contribution in [0.5, 0.6) is 11.5 Å². The zero-order valence-corrected chi connectivity index (χ0v) is 21.7. The molecule has 0 bridgehead atoms. The molecule has 0 saturated heterocycles. The zero-order chi connectivity index (χ0) is 25.3. The molecule has 1 aliphatic carbocycles. The third-order valence-corrected chi connectivity index (χ3v) is 6.94. The Balaban J connectivity index is 1.78. The van der Waals surface area contributed by atoms with Gasteiger partial charge in [-0.25, -0.2) is 0 Å². The number of benzene rings is 2. The van der Waals surface area contributed by atoms with Crippen LogP contribution >= 0.6 is 23.2 Å². The highest BCUT2D eigenvalue weighted by Crippen LogP contribution is 2.47. The van der Waals surface area contributed by atoms with Crippen molar-refractivity contribution in [3.05, 3.63) is 75.3 Å². The Morgan fingerprint density at radius 2 is 1.80 bits per heavy atom. The Morgan fingerprint density at radius 3 is 2.40 bits per heavy atom. The maximum Gasteiger partial charge on any atom is 0.247 e. The number of ether oxygens (including phenoxy) is 2. The molecule has 0 fully saturated rings. The van der Waals surface area contributed by atoms with Gasteiger partial charge in [0.2, 0.25) is 5.91 Å². The number of halogens is 2. The van der Waals surface area contributed by atoms with E-state index < -0.39 is 0 Å². The van der Waals surface area contributed by atoms with Gasteiger partial charge in [0.05, 0.1) is 42.2 Å². The minimum Gasteiger partial charge on any atom is -0.495 e. The number of amides is 1. The molecule has 1 heterocycles. The smallest absolute Gasteiger partial charge is 0.247 e. The van der Waals surface area contributed by atoms with Crippen molar-refractivity contribution in [3.8, 4) is 11.5 Å². The van der Waals surface area contributed by atoms with Crippen LogP contribution in [0.3, 0.4) is 0 Å². The van der Waals surface area contributed by atoms with Crippen molar-refractivity contribution < 1.29 is 14.3 Å². The Morgan fingerprint density at radius 1 is 1.11 bits per heavy atom. The van der Waals surface area contributed by atoms with Crippen LogP contribution in [-0.2, 0) is 4.79 Å². The lowest BCUT2D eigenvalue weighted by atomic mass is 9.86. The van der Waals surface area contributed by atoms with Crippen LogP contribution in [0.4, 0.5) is 11.4 Å². The predicted octanol–water partition coefficient (Wildman–Crippen LogP) is 6.18. The predicted molar refractivity (Wildman–Crippen MR) is 145 cm³/mol. The van der Waals surface area contributed by atoms with Gasteiger partial charge in [0.1, 0.15) is 11.5 Å². The van der Waals surface area contributed by atoms with Crippen LogP contribution in [0.2, 0.25) is 10.0 Å². The maximum atomic E-state index is 12.1. The van der Waals surface area contributed by atoms with Crippen molar-refractivity contribution in [2.75, 3.05) is 45.1 Å². The average molecular weight is 512 g/mol. The summed E-state index contributed by atoms with van der Waals surface area (Å²) in [5, 5.41) is 3.83. The number of carbonyl (C=O) groups is 1. The van der Waals surface area contributed by atoms with Gasteiger partial charge in [-0.1, -0.05) is 35.9 Å². The summed E-state index contributed by atoms with van der Waals surface area (Å²) >= 11 is 13.3. The van der Waals surface area contributed by atoms with Crippen molar-refractivity contribution in [1.82, 2.24) is 0 Å². The van der Waals surface area contributed by atoms with Gasteiger partial charge in [0, 0.05) is 37.0 Å². The van der Waals surface area contributed by atoms with Gasteiger partial charge in [-0.2, -0.15) is 0 Å². The van der Waals surface area contributed by atoms with E-state index in [2.05, 4.69) is 18.0 Å². The molecule has 0 saturated carbocycles. The number of methoxy groups -OCH3 is 2. The standard InChI is InChI=1S/C27H27Cl2N3O3/c1-6-23(33)31-20-10-8-17(32(2)3)12-19(20)27-18-9-7-15(11-16(18)14-30-27)24-25(28)21(34-4)13-22(35-5)26(24)29/h6,8,10-13H,1,7,9,14H2,2-5H3,(H,31,33). The molecule has 0 atom stereocenters. The number of anilines is 2. The van der Waals surface area contributed by atoms with Gasteiger partial charge in [-0.05, 0) is 53.8 Å². The molecule has 0 spiro atoms. The quantitative estimate of drug-likeness (QED) is 0.451. The summed E-state index contributed by atoms with van der Waals surface area (Å²) in [5.74, 6) is 0.754. The molecule has 1 amide bonds. The molecule has 2 aromatic carbocycles. The topological polar surface area (TPSA) is 63.2 Å². The van der Waals surface area contributed by atoms with Gasteiger partial charge in [0.25, 0.3) is 0 Å². The van der Waals surface area contributed by atoms with Gasteiger partial charge in [-0.15, -0.1) is 0 Å². The number of aliphatic imine (C=N–C) groups is 1. The SMILES string of the molecule is C=CC(=O)Nc1ccc(N(C)C)cc1C1=NCC2=C1CCC(c1c(Cl)c(OC)cc(OC)c1Cl)=C2. The summed E-state index contributed by atoms with van der Waals surface area (Å²) in [6.45, 7) is 4.10. The molecule has 4 rings (SSSR count). The fraction of sp³-hybridized carbons (Fsp3) is 0.259. The van der Waals surface area contributed by atoms with Gasteiger partial charge < -0.3 is 19.7 Å². The first-order chi connectivity index (χ1) is 16.8. The van der Waals surface area contributed by atoms with Gasteiger partial charge in [-0.3, -0.25) is 9.79 Å². The Labute approximate surface area is 215 Å². The largest absolute Gasteiger partial charge is 0.495 e. The lowest BCUT2D eigenvalue weighted by Crippen LogP contribution is -2.16. The molecule has 2 aliphatic rings. The van der Waals surface area contributed by atoms with Crippen LogP contribution in [0.1, 0.15) is 24.0 Å². The molecule has 2 aromatic rings. The summed E-state index contributed by atoms with van der Waals surface area (Å²) in [6.07, 6.45) is 4.85. The minimum absolute atomic E-state index is 0.265. The van der Waals surface area contributed by atoms with Gasteiger partial charge >= 0.3 is 0 Å². The normalized spacial score (nSPS) is 14.7. The number of hydrogen-bond donors (Lipinski definition) is 1. The molecule has 1 aliphatic heterocycles. The Kier molecular flexibility index (Phi) is 7.24. The van der Waals surface area contributed by atoms with Gasteiger partial charge in [0.15, 0.2) is 0 Å². The molecule has 6 nitrogen and oxygen atoms in total. The zero-order valence-electron chi connectivity index (χ0n) is 20.2. The number of carbonyl (C=O) groups excluding carboxylic acids is 1. The van der Waals surface area contributed by atoms with Crippen LogP contribution in [-0.4, -0.2) is 46.5 Å². The summed E-state index contributed by atoms with van der Waals surface area (Å²) in [4.78, 5) is 19.0. The number of allylic oxidation sites excluding steroid dienone is 2. The monoisotopic (exact) mass is 511 g/mol. The molecule has 0 radical (unpaired) electrons. The summed E-state index contributed by atoms with van der Waals surface area (Å²) in [7, 11) is 7.09. The Hall–Kier alpha value is -3.22. The van der Waals surface area contributed by atoms with E-state index in [4.69, 9.17) is 37.7 Å². The van der Waals surface area contributed by atoms with Crippen molar-refractivity contribution >= 4 is 51.8 Å². The number of nitrogens with one attached hydrogen (secondary N) is 1. The molecule has 1 N–H and O–H groups in total.